The van der Waals surface area contributed by atoms with Crippen LogP contribution in [0.3, 0.4) is 0 Å². The van der Waals surface area contributed by atoms with Crippen molar-refractivity contribution < 1.29 is 9.47 Å². The van der Waals surface area contributed by atoms with E-state index in [1.54, 1.807) is 14.2 Å². The molecule has 0 radical (unpaired) electrons. The molecule has 0 saturated carbocycles. The van der Waals surface area contributed by atoms with E-state index in [2.05, 4.69) is 19.9 Å². The number of aromatic nitrogens is 1. The summed E-state index contributed by atoms with van der Waals surface area (Å²) in [5.41, 5.74) is 5.46. The SMILES string of the molecule is COc1cc2c(cc1OC)-c1cc3c(C)c(C)ccc3c(=O)n1C2. The average molecular weight is 321 g/mol. The number of fused-ring (bicyclic) bond motifs is 4. The molecule has 3 aromatic rings. The molecular weight excluding hydrogens is 302 g/mol. The van der Waals surface area contributed by atoms with Crippen molar-refractivity contribution in [2.45, 2.75) is 20.4 Å². The Bertz CT molecular complexity index is 1050. The van der Waals surface area contributed by atoms with Gasteiger partial charge in [0.05, 0.1) is 26.5 Å². The van der Waals surface area contributed by atoms with Gasteiger partial charge in [0.2, 0.25) is 0 Å². The molecule has 0 atom stereocenters. The van der Waals surface area contributed by atoms with Gasteiger partial charge < -0.3 is 14.0 Å². The zero-order valence-corrected chi connectivity index (χ0v) is 14.3. The second-order valence-corrected chi connectivity index (χ2v) is 6.25. The smallest absolute Gasteiger partial charge is 0.259 e. The van der Waals surface area contributed by atoms with E-state index in [-0.39, 0.29) is 5.56 Å². The van der Waals surface area contributed by atoms with Gasteiger partial charge in [-0.1, -0.05) is 6.07 Å². The van der Waals surface area contributed by atoms with E-state index in [4.69, 9.17) is 9.47 Å². The molecule has 4 rings (SSSR count). The quantitative estimate of drug-likeness (QED) is 0.566. The van der Waals surface area contributed by atoms with Crippen LogP contribution in [0.25, 0.3) is 22.0 Å². The van der Waals surface area contributed by atoms with Crippen LogP contribution in [0.4, 0.5) is 0 Å². The molecule has 4 heteroatoms. The molecule has 0 aliphatic carbocycles. The second kappa shape index (κ2) is 5.13. The van der Waals surface area contributed by atoms with E-state index in [9.17, 15) is 4.79 Å². The van der Waals surface area contributed by atoms with E-state index >= 15 is 0 Å². The fraction of sp³-hybridized carbons (Fsp3) is 0.250. The maximum absolute atomic E-state index is 13.0. The van der Waals surface area contributed by atoms with Gasteiger partial charge in [-0.25, -0.2) is 0 Å². The fourth-order valence-electron chi connectivity index (χ4n) is 3.52. The summed E-state index contributed by atoms with van der Waals surface area (Å²) in [4.78, 5) is 13.0. The van der Waals surface area contributed by atoms with Crippen molar-refractivity contribution in [1.82, 2.24) is 4.57 Å². The summed E-state index contributed by atoms with van der Waals surface area (Å²) in [5.74, 6) is 1.37. The molecule has 2 heterocycles. The maximum atomic E-state index is 13.0. The first-order valence-electron chi connectivity index (χ1n) is 7.94. The highest BCUT2D eigenvalue weighted by Gasteiger charge is 2.24. The Morgan fingerprint density at radius 3 is 2.38 bits per heavy atom. The number of rotatable bonds is 2. The van der Waals surface area contributed by atoms with Crippen LogP contribution in [-0.2, 0) is 6.54 Å². The summed E-state index contributed by atoms with van der Waals surface area (Å²) in [6.07, 6.45) is 0. The Morgan fingerprint density at radius 2 is 1.67 bits per heavy atom. The monoisotopic (exact) mass is 321 g/mol. The molecule has 0 bridgehead atoms. The number of aryl methyl sites for hydroxylation is 2. The van der Waals surface area contributed by atoms with E-state index in [0.717, 1.165) is 33.2 Å². The number of ether oxygens (including phenoxy) is 2. The van der Waals surface area contributed by atoms with Gasteiger partial charge in [-0.2, -0.15) is 0 Å². The van der Waals surface area contributed by atoms with Crippen LogP contribution in [0, 0.1) is 13.8 Å². The molecular formula is C20H19NO3. The predicted octanol–water partition coefficient (Wildman–Crippen LogP) is 3.66. The first kappa shape index (κ1) is 14.8. The average Bonchev–Trinajstić information content (AvgIpc) is 2.95. The maximum Gasteiger partial charge on any atom is 0.259 e. The van der Waals surface area contributed by atoms with Crippen molar-refractivity contribution in [3.63, 3.8) is 0 Å². The van der Waals surface area contributed by atoms with Gasteiger partial charge in [0.1, 0.15) is 0 Å². The normalized spacial score (nSPS) is 12.2. The molecule has 122 valence electrons. The molecule has 0 amide bonds. The summed E-state index contributed by atoms with van der Waals surface area (Å²) >= 11 is 0. The molecule has 0 unspecified atom stereocenters. The highest BCUT2D eigenvalue weighted by atomic mass is 16.5. The standard InChI is InChI=1S/C20H19NO3/c1-11-5-6-14-15(12(11)2)8-17-16-9-19(24-4)18(23-3)7-13(16)10-21(17)20(14)22/h5-9H,10H2,1-4H3. The van der Waals surface area contributed by atoms with E-state index < -0.39 is 0 Å². The minimum Gasteiger partial charge on any atom is -0.493 e. The molecule has 24 heavy (non-hydrogen) atoms. The van der Waals surface area contributed by atoms with Gasteiger partial charge >= 0.3 is 0 Å². The van der Waals surface area contributed by atoms with Crippen LogP contribution in [0.2, 0.25) is 0 Å². The van der Waals surface area contributed by atoms with Gasteiger partial charge in [0.15, 0.2) is 11.5 Å². The van der Waals surface area contributed by atoms with Crippen molar-refractivity contribution >= 4 is 10.8 Å². The van der Waals surface area contributed by atoms with Gasteiger partial charge in [0, 0.05) is 10.9 Å². The van der Waals surface area contributed by atoms with Gasteiger partial charge in [-0.15, -0.1) is 0 Å². The highest BCUT2D eigenvalue weighted by molar-refractivity contribution is 5.90. The zero-order valence-electron chi connectivity index (χ0n) is 14.3. The van der Waals surface area contributed by atoms with Crippen LogP contribution >= 0.6 is 0 Å². The minimum absolute atomic E-state index is 0.0553. The van der Waals surface area contributed by atoms with Crippen molar-refractivity contribution in [3.05, 3.63) is 57.4 Å². The predicted molar refractivity (Wildman–Crippen MR) is 95.3 cm³/mol. The van der Waals surface area contributed by atoms with Gasteiger partial charge in [0.25, 0.3) is 5.56 Å². The van der Waals surface area contributed by atoms with Crippen molar-refractivity contribution in [1.29, 1.82) is 0 Å². The minimum atomic E-state index is 0.0553. The number of hydrogen-bond acceptors (Lipinski definition) is 3. The highest BCUT2D eigenvalue weighted by Crippen LogP contribution is 2.40. The van der Waals surface area contributed by atoms with E-state index in [1.165, 1.54) is 5.56 Å². The Morgan fingerprint density at radius 1 is 0.958 bits per heavy atom. The number of hydrogen-bond donors (Lipinski definition) is 0. The lowest BCUT2D eigenvalue weighted by Crippen LogP contribution is -2.19. The second-order valence-electron chi connectivity index (χ2n) is 6.25. The Kier molecular flexibility index (Phi) is 3.17. The molecule has 0 spiro atoms. The van der Waals surface area contributed by atoms with Gasteiger partial charge in [-0.05, 0) is 60.2 Å². The molecule has 4 nitrogen and oxygen atoms in total. The van der Waals surface area contributed by atoms with Crippen LogP contribution < -0.4 is 15.0 Å². The molecule has 1 aliphatic heterocycles. The molecule has 1 aromatic heterocycles. The number of benzene rings is 2. The molecule has 2 aromatic carbocycles. The van der Waals surface area contributed by atoms with Crippen LogP contribution in [0.5, 0.6) is 11.5 Å². The van der Waals surface area contributed by atoms with E-state index in [1.807, 2.05) is 28.8 Å². The lowest BCUT2D eigenvalue weighted by molar-refractivity contribution is 0.355. The van der Waals surface area contributed by atoms with Gasteiger partial charge in [-0.3, -0.25) is 4.79 Å². The zero-order chi connectivity index (χ0) is 17.0. The third-order valence-corrected chi connectivity index (χ3v) is 5.05. The molecule has 0 N–H and O–H groups in total. The Balaban J connectivity index is 2.06. The van der Waals surface area contributed by atoms with E-state index in [0.29, 0.717) is 18.0 Å². The van der Waals surface area contributed by atoms with Crippen molar-refractivity contribution in [3.8, 4) is 22.8 Å². The lowest BCUT2D eigenvalue weighted by Gasteiger charge is -2.11. The summed E-state index contributed by atoms with van der Waals surface area (Å²) in [7, 11) is 3.25. The number of pyridine rings is 1. The fourth-order valence-corrected chi connectivity index (χ4v) is 3.52. The summed E-state index contributed by atoms with van der Waals surface area (Å²) in [5, 5.41) is 1.79. The summed E-state index contributed by atoms with van der Waals surface area (Å²) in [6.45, 7) is 4.70. The number of methoxy groups -OCH3 is 2. The third kappa shape index (κ3) is 1.89. The summed E-state index contributed by atoms with van der Waals surface area (Å²) in [6, 6.07) is 9.99. The van der Waals surface area contributed by atoms with Crippen LogP contribution in [-0.4, -0.2) is 18.8 Å². The molecule has 0 fully saturated rings. The first-order valence-corrected chi connectivity index (χ1v) is 7.94. The summed E-state index contributed by atoms with van der Waals surface area (Å²) < 4.78 is 12.6. The van der Waals surface area contributed by atoms with Crippen molar-refractivity contribution in [2.24, 2.45) is 0 Å². The molecule has 1 aliphatic rings. The number of nitrogens with zero attached hydrogens (tertiary/aromatic N) is 1. The Hall–Kier alpha value is -2.75. The third-order valence-electron chi connectivity index (χ3n) is 5.05. The molecule has 0 saturated heterocycles. The largest absolute Gasteiger partial charge is 0.493 e. The van der Waals surface area contributed by atoms with Crippen LogP contribution in [0.1, 0.15) is 16.7 Å². The van der Waals surface area contributed by atoms with Crippen LogP contribution in [0.15, 0.2) is 35.1 Å². The lowest BCUT2D eigenvalue weighted by atomic mass is 10.00. The van der Waals surface area contributed by atoms with Crippen molar-refractivity contribution in [2.75, 3.05) is 14.2 Å². The first-order chi connectivity index (χ1) is 11.5. The Labute approximate surface area is 140 Å². The topological polar surface area (TPSA) is 40.5 Å².